The molecular formula is C21H17F2N5O. The number of H-pyrrole nitrogens is 1. The minimum absolute atomic E-state index is 0.193. The SMILES string of the molecule is O=C(N[C@H]1CCCc2c1cnn2-c1ccc(F)cc1F)c1n[nH]c2ccccc12. The van der Waals surface area contributed by atoms with E-state index in [1.165, 1.54) is 16.8 Å². The molecule has 5 rings (SSSR count). The number of aromatic amines is 1. The molecule has 1 atom stereocenters. The second-order valence-electron chi connectivity index (χ2n) is 7.09. The number of nitrogens with zero attached hydrogens (tertiary/aromatic N) is 3. The molecule has 0 radical (unpaired) electrons. The van der Waals surface area contributed by atoms with Gasteiger partial charge in [-0.3, -0.25) is 9.89 Å². The summed E-state index contributed by atoms with van der Waals surface area (Å²) in [5, 5.41) is 15.1. The molecule has 29 heavy (non-hydrogen) atoms. The smallest absolute Gasteiger partial charge is 0.272 e. The Kier molecular flexibility index (Phi) is 4.12. The van der Waals surface area contributed by atoms with Crippen LogP contribution >= 0.6 is 0 Å². The average Bonchev–Trinajstić information content (AvgIpc) is 3.33. The Morgan fingerprint density at radius 2 is 2.07 bits per heavy atom. The van der Waals surface area contributed by atoms with Crippen LogP contribution in [-0.2, 0) is 6.42 Å². The number of halogens is 2. The van der Waals surface area contributed by atoms with Gasteiger partial charge in [0.15, 0.2) is 11.5 Å². The first-order valence-electron chi connectivity index (χ1n) is 9.38. The van der Waals surface area contributed by atoms with Crippen molar-refractivity contribution in [2.45, 2.75) is 25.3 Å². The number of benzene rings is 2. The second-order valence-corrected chi connectivity index (χ2v) is 7.09. The van der Waals surface area contributed by atoms with Crippen molar-refractivity contribution in [1.29, 1.82) is 0 Å². The lowest BCUT2D eigenvalue weighted by Gasteiger charge is -2.24. The van der Waals surface area contributed by atoms with E-state index < -0.39 is 11.6 Å². The summed E-state index contributed by atoms with van der Waals surface area (Å²) in [6, 6.07) is 10.6. The Morgan fingerprint density at radius 3 is 2.93 bits per heavy atom. The number of aromatic nitrogens is 4. The molecule has 0 bridgehead atoms. The summed E-state index contributed by atoms with van der Waals surface area (Å²) in [5.74, 6) is -1.59. The highest BCUT2D eigenvalue weighted by Crippen LogP contribution is 2.32. The highest BCUT2D eigenvalue weighted by molar-refractivity contribution is 6.04. The lowest BCUT2D eigenvalue weighted by Crippen LogP contribution is -2.31. The van der Waals surface area contributed by atoms with Crippen molar-refractivity contribution in [3.8, 4) is 5.69 Å². The van der Waals surface area contributed by atoms with Crippen molar-refractivity contribution >= 4 is 16.8 Å². The lowest BCUT2D eigenvalue weighted by atomic mass is 9.92. The first kappa shape index (κ1) is 17.5. The van der Waals surface area contributed by atoms with Gasteiger partial charge in [-0.1, -0.05) is 18.2 Å². The van der Waals surface area contributed by atoms with Crippen LogP contribution in [0.15, 0.2) is 48.7 Å². The third kappa shape index (κ3) is 2.97. The number of para-hydroxylation sites is 1. The predicted octanol–water partition coefficient (Wildman–Crippen LogP) is 3.83. The third-order valence-electron chi connectivity index (χ3n) is 5.31. The number of nitrogens with one attached hydrogen (secondary N) is 2. The normalized spacial score (nSPS) is 16.0. The van der Waals surface area contributed by atoms with Crippen molar-refractivity contribution in [2.75, 3.05) is 0 Å². The van der Waals surface area contributed by atoms with Crippen LogP contribution in [0.1, 0.15) is 40.6 Å². The zero-order valence-electron chi connectivity index (χ0n) is 15.3. The number of fused-ring (bicyclic) bond motifs is 2. The van der Waals surface area contributed by atoms with Gasteiger partial charge in [-0.15, -0.1) is 0 Å². The second kappa shape index (κ2) is 6.80. The Balaban J connectivity index is 1.46. The van der Waals surface area contributed by atoms with Gasteiger partial charge in [-0.25, -0.2) is 13.5 Å². The zero-order valence-corrected chi connectivity index (χ0v) is 15.3. The van der Waals surface area contributed by atoms with E-state index in [-0.39, 0.29) is 17.6 Å². The molecule has 0 aliphatic heterocycles. The molecule has 8 heteroatoms. The van der Waals surface area contributed by atoms with Gasteiger partial charge in [0.05, 0.1) is 17.8 Å². The van der Waals surface area contributed by atoms with E-state index in [4.69, 9.17) is 0 Å². The summed E-state index contributed by atoms with van der Waals surface area (Å²) in [4.78, 5) is 12.8. The highest BCUT2D eigenvalue weighted by Gasteiger charge is 2.28. The Labute approximate surface area is 164 Å². The van der Waals surface area contributed by atoms with Gasteiger partial charge in [-0.05, 0) is 37.5 Å². The Morgan fingerprint density at radius 1 is 1.21 bits per heavy atom. The molecule has 4 aromatic rings. The van der Waals surface area contributed by atoms with E-state index >= 15 is 0 Å². The largest absolute Gasteiger partial charge is 0.344 e. The van der Waals surface area contributed by atoms with Crippen LogP contribution in [0.3, 0.4) is 0 Å². The zero-order chi connectivity index (χ0) is 20.0. The molecule has 0 spiro atoms. The third-order valence-corrected chi connectivity index (χ3v) is 5.31. The highest BCUT2D eigenvalue weighted by atomic mass is 19.1. The summed E-state index contributed by atoms with van der Waals surface area (Å²) in [5.41, 5.74) is 2.98. The Hall–Kier alpha value is -3.55. The van der Waals surface area contributed by atoms with Gasteiger partial charge in [0, 0.05) is 22.7 Å². The number of carbonyl (C=O) groups is 1. The maximum Gasteiger partial charge on any atom is 0.272 e. The summed E-state index contributed by atoms with van der Waals surface area (Å²) < 4.78 is 29.0. The van der Waals surface area contributed by atoms with E-state index in [0.717, 1.165) is 41.1 Å². The van der Waals surface area contributed by atoms with Crippen molar-refractivity contribution < 1.29 is 13.6 Å². The van der Waals surface area contributed by atoms with E-state index in [0.29, 0.717) is 12.1 Å². The summed E-state index contributed by atoms with van der Waals surface area (Å²) in [6.45, 7) is 0. The molecule has 1 amide bonds. The molecule has 0 saturated heterocycles. The molecule has 0 unspecified atom stereocenters. The lowest BCUT2D eigenvalue weighted by molar-refractivity contribution is 0.0929. The summed E-state index contributed by atoms with van der Waals surface area (Å²) in [6.07, 6.45) is 3.90. The molecular weight excluding hydrogens is 376 g/mol. The quantitative estimate of drug-likeness (QED) is 0.555. The van der Waals surface area contributed by atoms with Crippen molar-refractivity contribution in [3.63, 3.8) is 0 Å². The molecule has 1 aliphatic carbocycles. The minimum Gasteiger partial charge on any atom is -0.344 e. The molecule has 6 nitrogen and oxygen atoms in total. The van der Waals surface area contributed by atoms with Crippen LogP contribution in [-0.4, -0.2) is 25.9 Å². The van der Waals surface area contributed by atoms with E-state index in [2.05, 4.69) is 20.6 Å². The topological polar surface area (TPSA) is 75.6 Å². The molecule has 0 saturated carbocycles. The maximum atomic E-state index is 14.2. The van der Waals surface area contributed by atoms with Crippen molar-refractivity contribution in [3.05, 3.63) is 77.2 Å². The van der Waals surface area contributed by atoms with Crippen LogP contribution in [0.4, 0.5) is 8.78 Å². The fraction of sp³-hybridized carbons (Fsp3) is 0.190. The Bertz CT molecular complexity index is 1230. The van der Waals surface area contributed by atoms with E-state index in [9.17, 15) is 13.6 Å². The van der Waals surface area contributed by atoms with Crippen LogP contribution in [0.2, 0.25) is 0 Å². The minimum atomic E-state index is -0.676. The molecule has 146 valence electrons. The molecule has 1 aliphatic rings. The molecule has 2 heterocycles. The first-order chi connectivity index (χ1) is 14.1. The van der Waals surface area contributed by atoms with E-state index in [1.807, 2.05) is 24.3 Å². The van der Waals surface area contributed by atoms with Crippen LogP contribution in [0.25, 0.3) is 16.6 Å². The van der Waals surface area contributed by atoms with Crippen LogP contribution in [0.5, 0.6) is 0 Å². The number of rotatable bonds is 3. The number of hydrogen-bond acceptors (Lipinski definition) is 3. The maximum absolute atomic E-state index is 14.2. The van der Waals surface area contributed by atoms with Gasteiger partial charge >= 0.3 is 0 Å². The fourth-order valence-electron chi connectivity index (χ4n) is 3.93. The fourth-order valence-corrected chi connectivity index (χ4v) is 3.93. The summed E-state index contributed by atoms with van der Waals surface area (Å²) >= 11 is 0. The first-order valence-corrected chi connectivity index (χ1v) is 9.38. The number of amides is 1. The standard InChI is InChI=1S/C21H17F2N5O/c22-12-8-9-19(15(23)10-12)28-18-7-3-6-16(14(18)11-24-28)25-21(29)20-13-4-1-2-5-17(13)26-27-20/h1-2,4-5,8-11,16H,3,6-7H2,(H,25,29)(H,26,27)/t16-/m0/s1. The summed E-state index contributed by atoms with van der Waals surface area (Å²) in [7, 11) is 0. The predicted molar refractivity (Wildman–Crippen MR) is 103 cm³/mol. The monoisotopic (exact) mass is 393 g/mol. The van der Waals surface area contributed by atoms with Crippen LogP contribution < -0.4 is 5.32 Å². The number of hydrogen-bond donors (Lipinski definition) is 2. The molecule has 2 aromatic carbocycles. The molecule has 0 fully saturated rings. The van der Waals surface area contributed by atoms with Gasteiger partial charge in [-0.2, -0.15) is 10.2 Å². The van der Waals surface area contributed by atoms with Gasteiger partial charge in [0.25, 0.3) is 5.91 Å². The van der Waals surface area contributed by atoms with Crippen molar-refractivity contribution in [2.24, 2.45) is 0 Å². The molecule has 2 N–H and O–H groups in total. The van der Waals surface area contributed by atoms with E-state index in [1.54, 1.807) is 6.20 Å². The van der Waals surface area contributed by atoms with Gasteiger partial charge in [0.1, 0.15) is 11.5 Å². The van der Waals surface area contributed by atoms with Crippen LogP contribution in [0, 0.1) is 11.6 Å². The molecule has 2 aromatic heterocycles. The van der Waals surface area contributed by atoms with Gasteiger partial charge < -0.3 is 5.32 Å². The van der Waals surface area contributed by atoms with Crippen molar-refractivity contribution in [1.82, 2.24) is 25.3 Å². The van der Waals surface area contributed by atoms with Gasteiger partial charge in [0.2, 0.25) is 0 Å². The average molecular weight is 393 g/mol. The number of carbonyl (C=O) groups excluding carboxylic acids is 1.